The molecule has 1 aliphatic heterocycles. The smallest absolute Gasteiger partial charge is 0.203 e. The monoisotopic (exact) mass is 294 g/mol. The minimum absolute atomic E-state index is 0.666. The molecule has 118 valence electrons. The first-order chi connectivity index (χ1) is 10.2. The van der Waals surface area contributed by atoms with Crippen molar-refractivity contribution in [1.29, 1.82) is 0 Å². The fraction of sp³-hybridized carbons (Fsp3) is 0.625. The Morgan fingerprint density at radius 3 is 2.38 bits per heavy atom. The summed E-state index contributed by atoms with van der Waals surface area (Å²) in [4.78, 5) is 4.86. The molecule has 5 heteroatoms. The van der Waals surface area contributed by atoms with Crippen LogP contribution < -0.4 is 14.2 Å². The van der Waals surface area contributed by atoms with Crippen LogP contribution in [-0.4, -0.2) is 70.4 Å². The summed E-state index contributed by atoms with van der Waals surface area (Å²) in [5.74, 6) is 2.11. The van der Waals surface area contributed by atoms with Crippen molar-refractivity contribution in [3.63, 3.8) is 0 Å². The molecule has 0 aromatic heterocycles. The summed E-state index contributed by atoms with van der Waals surface area (Å²) in [6, 6.07) is 5.70. The molecular formula is C16H26N2O3. The molecule has 0 N–H and O–H groups in total. The Hall–Kier alpha value is -1.46. The molecule has 1 aromatic rings. The second kappa shape index (κ2) is 8.10. The van der Waals surface area contributed by atoms with Gasteiger partial charge in [-0.2, -0.15) is 0 Å². The van der Waals surface area contributed by atoms with Gasteiger partial charge in [-0.1, -0.05) is 6.07 Å². The third kappa shape index (κ3) is 4.51. The summed E-state index contributed by atoms with van der Waals surface area (Å²) in [5.41, 5.74) is 0. The molecule has 1 aromatic carbocycles. The van der Waals surface area contributed by atoms with Gasteiger partial charge in [-0.15, -0.1) is 0 Å². The second-order valence-electron chi connectivity index (χ2n) is 5.34. The highest BCUT2D eigenvalue weighted by Gasteiger charge is 2.14. The number of hydrogen-bond acceptors (Lipinski definition) is 5. The van der Waals surface area contributed by atoms with E-state index in [0.29, 0.717) is 18.1 Å². The van der Waals surface area contributed by atoms with Gasteiger partial charge in [-0.3, -0.25) is 0 Å². The quantitative estimate of drug-likeness (QED) is 0.715. The average Bonchev–Trinajstić information content (AvgIpc) is 2.52. The predicted molar refractivity (Wildman–Crippen MR) is 83.6 cm³/mol. The van der Waals surface area contributed by atoms with Crippen LogP contribution in [0.1, 0.15) is 6.42 Å². The second-order valence-corrected chi connectivity index (χ2v) is 5.34. The minimum Gasteiger partial charge on any atom is -0.493 e. The molecule has 0 spiro atoms. The summed E-state index contributed by atoms with van der Waals surface area (Å²) in [7, 11) is 5.44. The summed E-state index contributed by atoms with van der Waals surface area (Å²) < 4.78 is 16.5. The lowest BCUT2D eigenvalue weighted by Crippen LogP contribution is -2.44. The first-order valence-electron chi connectivity index (χ1n) is 7.49. The first-order valence-corrected chi connectivity index (χ1v) is 7.49. The zero-order valence-electron chi connectivity index (χ0n) is 13.3. The molecule has 0 aliphatic carbocycles. The fourth-order valence-electron chi connectivity index (χ4n) is 2.51. The number of ether oxygens (including phenoxy) is 3. The standard InChI is InChI=1S/C16H26N2O3/c1-17-9-11-18(12-10-17)8-5-13-21-15-7-4-6-14(19-2)16(15)20-3/h4,6-7H,5,8-13H2,1-3H3. The highest BCUT2D eigenvalue weighted by Crippen LogP contribution is 2.36. The van der Waals surface area contributed by atoms with E-state index >= 15 is 0 Å². The number of methoxy groups -OCH3 is 2. The lowest BCUT2D eigenvalue weighted by Gasteiger charge is -2.32. The van der Waals surface area contributed by atoms with Crippen LogP contribution in [0.5, 0.6) is 17.2 Å². The third-order valence-corrected chi connectivity index (χ3v) is 3.84. The highest BCUT2D eigenvalue weighted by molar-refractivity contribution is 5.50. The lowest BCUT2D eigenvalue weighted by atomic mass is 10.3. The van der Waals surface area contributed by atoms with Crippen molar-refractivity contribution in [2.75, 3.05) is 60.6 Å². The zero-order chi connectivity index (χ0) is 15.1. The molecule has 0 amide bonds. The fourth-order valence-corrected chi connectivity index (χ4v) is 2.51. The van der Waals surface area contributed by atoms with Crippen molar-refractivity contribution >= 4 is 0 Å². The molecule has 0 unspecified atom stereocenters. The van der Waals surface area contributed by atoms with E-state index in [1.807, 2.05) is 18.2 Å². The van der Waals surface area contributed by atoms with Crippen LogP contribution >= 0.6 is 0 Å². The van der Waals surface area contributed by atoms with Gasteiger partial charge in [0.2, 0.25) is 5.75 Å². The van der Waals surface area contributed by atoms with Gasteiger partial charge >= 0.3 is 0 Å². The van der Waals surface area contributed by atoms with E-state index in [-0.39, 0.29) is 0 Å². The van der Waals surface area contributed by atoms with Crippen molar-refractivity contribution in [3.05, 3.63) is 18.2 Å². The molecule has 1 heterocycles. The van der Waals surface area contributed by atoms with Gasteiger partial charge in [-0.25, -0.2) is 0 Å². The van der Waals surface area contributed by atoms with Gasteiger partial charge in [0.15, 0.2) is 11.5 Å². The Bertz CT molecular complexity index is 432. The van der Waals surface area contributed by atoms with Crippen molar-refractivity contribution in [2.24, 2.45) is 0 Å². The average molecular weight is 294 g/mol. The Morgan fingerprint density at radius 2 is 1.71 bits per heavy atom. The molecule has 21 heavy (non-hydrogen) atoms. The molecule has 0 bridgehead atoms. The summed E-state index contributed by atoms with van der Waals surface area (Å²) >= 11 is 0. The number of para-hydroxylation sites is 1. The molecule has 0 radical (unpaired) electrons. The van der Waals surface area contributed by atoms with Crippen LogP contribution in [0.4, 0.5) is 0 Å². The van der Waals surface area contributed by atoms with Crippen LogP contribution in [0.3, 0.4) is 0 Å². The minimum atomic E-state index is 0.666. The van der Waals surface area contributed by atoms with Crippen LogP contribution in [0, 0.1) is 0 Å². The summed E-state index contributed by atoms with van der Waals surface area (Å²) in [6.07, 6.45) is 1.02. The van der Waals surface area contributed by atoms with Crippen molar-refractivity contribution in [3.8, 4) is 17.2 Å². The van der Waals surface area contributed by atoms with Crippen LogP contribution in [0.25, 0.3) is 0 Å². The maximum Gasteiger partial charge on any atom is 0.203 e. The maximum absolute atomic E-state index is 5.84. The normalized spacial score (nSPS) is 16.7. The van der Waals surface area contributed by atoms with Gasteiger partial charge in [0, 0.05) is 32.7 Å². The first kappa shape index (κ1) is 15.9. The van der Waals surface area contributed by atoms with E-state index in [9.17, 15) is 0 Å². The SMILES string of the molecule is COc1cccc(OCCCN2CCN(C)CC2)c1OC. The molecule has 0 atom stereocenters. The number of piperazine rings is 1. The number of likely N-dealkylation sites (N-methyl/N-ethyl adjacent to an activating group) is 1. The van der Waals surface area contributed by atoms with Gasteiger partial charge in [0.25, 0.3) is 0 Å². The Kier molecular flexibility index (Phi) is 6.14. The van der Waals surface area contributed by atoms with E-state index < -0.39 is 0 Å². The highest BCUT2D eigenvalue weighted by atomic mass is 16.5. The van der Waals surface area contributed by atoms with E-state index in [1.54, 1.807) is 14.2 Å². The Balaban J connectivity index is 1.76. The largest absolute Gasteiger partial charge is 0.493 e. The van der Waals surface area contributed by atoms with Crippen molar-refractivity contribution < 1.29 is 14.2 Å². The van der Waals surface area contributed by atoms with E-state index in [1.165, 1.54) is 0 Å². The van der Waals surface area contributed by atoms with Crippen molar-refractivity contribution in [2.45, 2.75) is 6.42 Å². The predicted octanol–water partition coefficient (Wildman–Crippen LogP) is 1.72. The van der Waals surface area contributed by atoms with Gasteiger partial charge < -0.3 is 24.0 Å². The van der Waals surface area contributed by atoms with Gasteiger partial charge in [0.05, 0.1) is 20.8 Å². The molecular weight excluding hydrogens is 268 g/mol. The lowest BCUT2D eigenvalue weighted by molar-refractivity contribution is 0.145. The van der Waals surface area contributed by atoms with Crippen LogP contribution in [-0.2, 0) is 0 Å². The van der Waals surface area contributed by atoms with Crippen molar-refractivity contribution in [1.82, 2.24) is 9.80 Å². The maximum atomic E-state index is 5.84. The number of rotatable bonds is 7. The van der Waals surface area contributed by atoms with E-state index in [4.69, 9.17) is 14.2 Å². The summed E-state index contributed by atoms with van der Waals surface area (Å²) in [6.45, 7) is 6.39. The van der Waals surface area contributed by atoms with Gasteiger partial charge in [-0.05, 0) is 25.6 Å². The Labute approximate surface area is 127 Å². The zero-order valence-corrected chi connectivity index (χ0v) is 13.3. The molecule has 1 aliphatic rings. The third-order valence-electron chi connectivity index (χ3n) is 3.84. The van der Waals surface area contributed by atoms with Gasteiger partial charge in [0.1, 0.15) is 0 Å². The molecule has 2 rings (SSSR count). The summed E-state index contributed by atoms with van der Waals surface area (Å²) in [5, 5.41) is 0. The van der Waals surface area contributed by atoms with Crippen LogP contribution in [0.2, 0.25) is 0 Å². The van der Waals surface area contributed by atoms with E-state index in [0.717, 1.165) is 44.9 Å². The number of hydrogen-bond donors (Lipinski definition) is 0. The number of benzene rings is 1. The molecule has 5 nitrogen and oxygen atoms in total. The molecule has 0 saturated carbocycles. The molecule has 1 saturated heterocycles. The van der Waals surface area contributed by atoms with E-state index in [2.05, 4.69) is 16.8 Å². The Morgan fingerprint density at radius 1 is 1.00 bits per heavy atom. The topological polar surface area (TPSA) is 34.2 Å². The number of nitrogens with zero attached hydrogens (tertiary/aromatic N) is 2. The van der Waals surface area contributed by atoms with Crippen LogP contribution in [0.15, 0.2) is 18.2 Å². The molecule has 1 fully saturated rings.